The van der Waals surface area contributed by atoms with Crippen molar-refractivity contribution in [2.75, 3.05) is 4.90 Å². The Hall–Kier alpha value is -7.44. The molecule has 0 radical (unpaired) electrons. The summed E-state index contributed by atoms with van der Waals surface area (Å²) in [7, 11) is 0. The molecule has 2 aliphatic heterocycles. The van der Waals surface area contributed by atoms with Crippen molar-refractivity contribution in [2.45, 2.75) is 18.1 Å². The van der Waals surface area contributed by atoms with Crippen LogP contribution < -0.4 is 10.2 Å². The lowest BCUT2D eigenvalue weighted by Gasteiger charge is -2.28. The molecule has 4 heterocycles. The molecule has 1 N–H and O–H groups in total. The minimum atomic E-state index is -0.281. The van der Waals surface area contributed by atoms with Gasteiger partial charge in [-0.05, 0) is 47.5 Å². The summed E-state index contributed by atoms with van der Waals surface area (Å²) in [6, 6.07) is 55.1. The van der Waals surface area contributed by atoms with Gasteiger partial charge >= 0.3 is 0 Å². The van der Waals surface area contributed by atoms with E-state index in [1.54, 1.807) is 0 Å². The molecule has 3 aliphatic rings. The van der Waals surface area contributed by atoms with Crippen LogP contribution in [0.3, 0.4) is 0 Å². The molecule has 0 spiro atoms. The van der Waals surface area contributed by atoms with Crippen LogP contribution in [0.25, 0.3) is 55.0 Å². The maximum Gasteiger partial charge on any atom is 0.159 e. The first-order chi connectivity index (χ1) is 28.2. The average Bonchev–Trinajstić information content (AvgIpc) is 3.96. The Bertz CT molecular complexity index is 3190. The molecule has 9 aromatic rings. The highest BCUT2D eigenvalue weighted by Crippen LogP contribution is 2.49. The van der Waals surface area contributed by atoms with Gasteiger partial charge < -0.3 is 19.1 Å². The van der Waals surface area contributed by atoms with Crippen LogP contribution in [0.1, 0.15) is 34.3 Å². The zero-order valence-electron chi connectivity index (χ0n) is 30.7. The SMILES string of the molecule is C1=CC2c3ccccc3N(c3ccc4oc5c(-c6cccc7c6oc6cc(C8=NC(c9ccccc9)NC(c9ccccc9)=N8)ccc67)cccc5c4c3)C2C=C1. The second-order valence-electron chi connectivity index (χ2n) is 14.9. The predicted octanol–water partition coefficient (Wildman–Crippen LogP) is 12.4. The highest BCUT2D eigenvalue weighted by atomic mass is 16.3. The largest absolute Gasteiger partial charge is 0.455 e. The van der Waals surface area contributed by atoms with Crippen LogP contribution in [0.5, 0.6) is 0 Å². The van der Waals surface area contributed by atoms with Crippen molar-refractivity contribution in [1.82, 2.24) is 5.32 Å². The third kappa shape index (κ3) is 5.04. The molecular weight excluding hydrogens is 701 g/mol. The fourth-order valence-electron chi connectivity index (χ4n) is 9.02. The van der Waals surface area contributed by atoms with Crippen LogP contribution in [-0.2, 0) is 0 Å². The van der Waals surface area contributed by atoms with Crippen molar-refractivity contribution in [3.05, 3.63) is 204 Å². The third-order valence-electron chi connectivity index (χ3n) is 11.7. The summed E-state index contributed by atoms with van der Waals surface area (Å²) >= 11 is 0. The number of benzene rings is 7. The van der Waals surface area contributed by atoms with Crippen LogP contribution in [0.15, 0.2) is 201 Å². The lowest BCUT2D eigenvalue weighted by atomic mass is 9.91. The van der Waals surface area contributed by atoms with Crippen molar-refractivity contribution in [2.24, 2.45) is 9.98 Å². The van der Waals surface area contributed by atoms with Crippen LogP contribution in [0.2, 0.25) is 0 Å². The van der Waals surface area contributed by atoms with Gasteiger partial charge in [0.2, 0.25) is 0 Å². The smallest absolute Gasteiger partial charge is 0.159 e. The van der Waals surface area contributed by atoms with Crippen LogP contribution in [0, 0.1) is 0 Å². The normalized spacial score (nSPS) is 18.5. The second kappa shape index (κ2) is 12.5. The molecule has 0 bridgehead atoms. The van der Waals surface area contributed by atoms with E-state index in [1.165, 1.54) is 11.3 Å². The standard InChI is InChI=1S/C51H34N4O2/c1-3-13-31(14-4-1)49-52-50(32-15-5-2-6-16-32)54-51(53-49)33-25-27-37-38-19-11-20-39(47(38)57-46(37)29-33)40-21-12-22-41-42-30-34(26-28-45(42)56-48(40)41)55-43-23-9-7-17-35(43)36-18-8-10-24-44(36)55/h1-30,35,43,49H,(H,52,53,54). The molecule has 6 heteroatoms. The van der Waals surface area contributed by atoms with E-state index in [1.807, 2.05) is 36.4 Å². The first kappa shape index (κ1) is 31.9. The van der Waals surface area contributed by atoms with Crippen molar-refractivity contribution in [3.63, 3.8) is 0 Å². The van der Waals surface area contributed by atoms with Gasteiger partial charge in [-0.1, -0.05) is 146 Å². The van der Waals surface area contributed by atoms with Gasteiger partial charge in [0.15, 0.2) is 5.84 Å². The molecule has 0 saturated carbocycles. The molecule has 6 nitrogen and oxygen atoms in total. The van der Waals surface area contributed by atoms with Crippen LogP contribution in [0.4, 0.5) is 11.4 Å². The molecule has 3 unspecified atom stereocenters. The second-order valence-corrected chi connectivity index (χ2v) is 14.9. The summed E-state index contributed by atoms with van der Waals surface area (Å²) in [5.74, 6) is 1.76. The summed E-state index contributed by atoms with van der Waals surface area (Å²) in [6.45, 7) is 0. The fraction of sp³-hybridized carbons (Fsp3) is 0.0588. The lowest BCUT2D eigenvalue weighted by Crippen LogP contribution is -2.33. The predicted molar refractivity (Wildman–Crippen MR) is 232 cm³/mol. The van der Waals surface area contributed by atoms with Crippen LogP contribution in [-0.4, -0.2) is 17.7 Å². The number of furan rings is 2. The summed E-state index contributed by atoms with van der Waals surface area (Å²) in [4.78, 5) is 12.6. The molecule has 7 aromatic carbocycles. The van der Waals surface area contributed by atoms with Crippen molar-refractivity contribution in [1.29, 1.82) is 0 Å². The molecule has 0 fully saturated rings. The molecule has 12 rings (SSSR count). The van der Waals surface area contributed by atoms with E-state index >= 15 is 0 Å². The zero-order valence-corrected chi connectivity index (χ0v) is 30.7. The quantitative estimate of drug-likeness (QED) is 0.191. The number of hydrogen-bond donors (Lipinski definition) is 1. The minimum Gasteiger partial charge on any atom is -0.455 e. The van der Waals surface area contributed by atoms with Crippen molar-refractivity contribution < 1.29 is 8.83 Å². The molecule has 2 aromatic heterocycles. The van der Waals surface area contributed by atoms with Gasteiger partial charge in [0.25, 0.3) is 0 Å². The molecular formula is C51H34N4O2. The van der Waals surface area contributed by atoms with E-state index in [4.69, 9.17) is 18.8 Å². The Morgan fingerprint density at radius 3 is 2.09 bits per heavy atom. The lowest BCUT2D eigenvalue weighted by molar-refractivity contribution is 0.664. The molecule has 57 heavy (non-hydrogen) atoms. The van der Waals surface area contributed by atoms with Gasteiger partial charge in [0, 0.05) is 61.1 Å². The van der Waals surface area contributed by atoms with E-state index in [0.717, 1.165) is 83.2 Å². The molecule has 3 atom stereocenters. The molecule has 270 valence electrons. The van der Waals surface area contributed by atoms with Gasteiger partial charge in [-0.3, -0.25) is 0 Å². The minimum absolute atomic E-state index is 0.231. The number of hydrogen-bond acceptors (Lipinski definition) is 6. The van der Waals surface area contributed by atoms with Gasteiger partial charge in [0.05, 0.1) is 6.04 Å². The van der Waals surface area contributed by atoms with Gasteiger partial charge in [-0.25, -0.2) is 9.98 Å². The number of aliphatic imine (C=N–C) groups is 2. The monoisotopic (exact) mass is 734 g/mol. The molecule has 0 amide bonds. The number of anilines is 2. The maximum atomic E-state index is 6.81. The van der Waals surface area contributed by atoms with E-state index in [2.05, 4.69) is 156 Å². The highest BCUT2D eigenvalue weighted by molar-refractivity contribution is 6.17. The first-order valence-electron chi connectivity index (χ1n) is 19.4. The average molecular weight is 735 g/mol. The summed E-state index contributed by atoms with van der Waals surface area (Å²) in [5.41, 5.74) is 12.0. The fourth-order valence-corrected chi connectivity index (χ4v) is 9.02. The number of rotatable bonds is 5. The molecule has 0 saturated heterocycles. The zero-order chi connectivity index (χ0) is 37.5. The Balaban J connectivity index is 0.959. The number of fused-ring (bicyclic) bond motifs is 9. The van der Waals surface area contributed by atoms with E-state index < -0.39 is 0 Å². The first-order valence-corrected chi connectivity index (χ1v) is 19.4. The Labute approximate surface area is 328 Å². The van der Waals surface area contributed by atoms with E-state index in [-0.39, 0.29) is 12.2 Å². The highest BCUT2D eigenvalue weighted by Gasteiger charge is 2.37. The van der Waals surface area contributed by atoms with E-state index in [0.29, 0.717) is 11.8 Å². The number of amidine groups is 2. The Kier molecular flexibility index (Phi) is 7.01. The Morgan fingerprint density at radius 1 is 0.544 bits per heavy atom. The number of nitrogens with one attached hydrogen (secondary N) is 1. The van der Waals surface area contributed by atoms with Crippen LogP contribution >= 0.6 is 0 Å². The Morgan fingerprint density at radius 2 is 1.26 bits per heavy atom. The van der Waals surface area contributed by atoms with Crippen molar-refractivity contribution >= 4 is 66.9 Å². The topological polar surface area (TPSA) is 66.3 Å². The van der Waals surface area contributed by atoms with Gasteiger partial charge in [-0.15, -0.1) is 0 Å². The maximum absolute atomic E-state index is 6.81. The summed E-state index contributed by atoms with van der Waals surface area (Å²) in [5, 5.41) is 7.80. The molecule has 1 aliphatic carbocycles. The van der Waals surface area contributed by atoms with Gasteiger partial charge in [-0.2, -0.15) is 0 Å². The van der Waals surface area contributed by atoms with Gasteiger partial charge in [0.1, 0.15) is 34.3 Å². The third-order valence-corrected chi connectivity index (χ3v) is 11.7. The van der Waals surface area contributed by atoms with Crippen molar-refractivity contribution in [3.8, 4) is 11.1 Å². The summed E-state index contributed by atoms with van der Waals surface area (Å²) in [6.07, 6.45) is 8.68. The number of allylic oxidation sites excluding steroid dienone is 2. The summed E-state index contributed by atoms with van der Waals surface area (Å²) < 4.78 is 13.5. The van der Waals surface area contributed by atoms with E-state index in [9.17, 15) is 0 Å². The number of para-hydroxylation sites is 3. The number of nitrogens with zero attached hydrogens (tertiary/aromatic N) is 3.